The molecular weight excluding hydrogens is 414 g/mol. The Kier molecular flexibility index (Phi) is 3.70. The van der Waals surface area contributed by atoms with Crippen LogP contribution >= 0.6 is 27.7 Å². The third kappa shape index (κ3) is 2.37. The molecular formula is C24H20BrNS. The van der Waals surface area contributed by atoms with Crippen LogP contribution in [0.15, 0.2) is 76.1 Å². The van der Waals surface area contributed by atoms with Gasteiger partial charge in [-0.05, 0) is 46.9 Å². The predicted octanol–water partition coefficient (Wildman–Crippen LogP) is 6.42. The molecule has 3 aliphatic rings. The highest BCUT2D eigenvalue weighted by molar-refractivity contribution is 9.10. The van der Waals surface area contributed by atoms with Gasteiger partial charge in [-0.15, -0.1) is 11.8 Å². The molecule has 134 valence electrons. The van der Waals surface area contributed by atoms with Crippen molar-refractivity contribution in [3.63, 3.8) is 0 Å². The molecule has 27 heavy (non-hydrogen) atoms. The maximum absolute atomic E-state index is 3.79. The first-order valence-electron chi connectivity index (χ1n) is 9.67. The van der Waals surface area contributed by atoms with Crippen LogP contribution in [0.25, 0.3) is 0 Å². The average molecular weight is 434 g/mol. The highest BCUT2D eigenvalue weighted by atomic mass is 79.9. The lowest BCUT2D eigenvalue weighted by atomic mass is 9.72. The van der Waals surface area contributed by atoms with Gasteiger partial charge in [0, 0.05) is 39.2 Å². The summed E-state index contributed by atoms with van der Waals surface area (Å²) in [5.74, 6) is 2.23. The van der Waals surface area contributed by atoms with Gasteiger partial charge >= 0.3 is 0 Å². The van der Waals surface area contributed by atoms with Gasteiger partial charge in [0.25, 0.3) is 0 Å². The van der Waals surface area contributed by atoms with E-state index in [0.29, 0.717) is 17.9 Å². The van der Waals surface area contributed by atoms with Crippen molar-refractivity contribution in [2.24, 2.45) is 5.92 Å². The molecule has 1 nitrogen and oxygen atoms in total. The smallest absolute Gasteiger partial charge is 0.0598 e. The molecule has 0 aromatic heterocycles. The zero-order valence-electron chi connectivity index (χ0n) is 14.9. The number of thioether (sulfide) groups is 1. The Hall–Kier alpha value is -1.71. The summed E-state index contributed by atoms with van der Waals surface area (Å²) >= 11 is 5.83. The fourth-order valence-corrected chi connectivity index (χ4v) is 7.25. The Balaban J connectivity index is 1.63. The van der Waals surface area contributed by atoms with Crippen molar-refractivity contribution in [3.8, 4) is 0 Å². The number of halogens is 1. The maximum Gasteiger partial charge on any atom is 0.0598 e. The molecule has 0 bridgehead atoms. The monoisotopic (exact) mass is 433 g/mol. The second-order valence-corrected chi connectivity index (χ2v) is 9.77. The van der Waals surface area contributed by atoms with Crippen molar-refractivity contribution >= 4 is 33.4 Å². The van der Waals surface area contributed by atoms with Gasteiger partial charge in [0.1, 0.15) is 0 Å². The minimum absolute atomic E-state index is 0.456. The van der Waals surface area contributed by atoms with Crippen LogP contribution < -0.4 is 4.90 Å². The molecule has 3 aliphatic heterocycles. The molecule has 0 radical (unpaired) electrons. The SMILES string of the molecule is Brc1cc2c3c(c1)[C@@H](c1ccccc1)[C@@H]1CSc4ccccc4[C@H]1N3CC2. The average Bonchev–Trinajstić information content (AvgIpc) is 3.12. The lowest BCUT2D eigenvalue weighted by Gasteiger charge is -2.49. The van der Waals surface area contributed by atoms with E-state index in [1.807, 2.05) is 11.8 Å². The summed E-state index contributed by atoms with van der Waals surface area (Å²) in [6, 6.07) is 25.4. The van der Waals surface area contributed by atoms with Gasteiger partial charge < -0.3 is 4.90 Å². The summed E-state index contributed by atoms with van der Waals surface area (Å²) in [5, 5.41) is 0. The molecule has 3 heterocycles. The van der Waals surface area contributed by atoms with Crippen LogP contribution in [0.4, 0.5) is 5.69 Å². The Labute approximate surface area is 172 Å². The van der Waals surface area contributed by atoms with E-state index < -0.39 is 0 Å². The standard InChI is InChI=1S/C24H20BrNS/c25-17-12-16-10-11-26-23(16)19(13-17)22(15-6-2-1-3-7-15)20-14-27-21-9-5-4-8-18(21)24(20)26/h1-9,12-13,20,22,24H,10-11,14H2/t20-,22+,24+/m0/s1. The first-order valence-corrected chi connectivity index (χ1v) is 11.4. The second kappa shape index (κ2) is 6.15. The van der Waals surface area contributed by atoms with Gasteiger partial charge in [0.05, 0.1) is 6.04 Å². The van der Waals surface area contributed by atoms with Crippen LogP contribution in [0.2, 0.25) is 0 Å². The van der Waals surface area contributed by atoms with Crippen LogP contribution in [0.5, 0.6) is 0 Å². The van der Waals surface area contributed by atoms with Crippen LogP contribution in [-0.2, 0) is 6.42 Å². The topological polar surface area (TPSA) is 3.24 Å². The summed E-state index contributed by atoms with van der Waals surface area (Å²) < 4.78 is 1.22. The molecule has 0 N–H and O–H groups in total. The van der Waals surface area contributed by atoms with E-state index in [9.17, 15) is 0 Å². The summed E-state index contributed by atoms with van der Waals surface area (Å²) in [5.41, 5.74) is 7.52. The van der Waals surface area contributed by atoms with E-state index in [1.165, 1.54) is 43.1 Å². The maximum atomic E-state index is 3.79. The Morgan fingerprint density at radius 1 is 0.926 bits per heavy atom. The predicted molar refractivity (Wildman–Crippen MR) is 117 cm³/mol. The van der Waals surface area contributed by atoms with Gasteiger partial charge in [-0.25, -0.2) is 0 Å². The molecule has 0 spiro atoms. The molecule has 0 saturated carbocycles. The van der Waals surface area contributed by atoms with Gasteiger partial charge in [-0.1, -0.05) is 64.5 Å². The molecule has 0 aliphatic carbocycles. The number of hydrogen-bond acceptors (Lipinski definition) is 2. The quantitative estimate of drug-likeness (QED) is 0.435. The van der Waals surface area contributed by atoms with Crippen LogP contribution in [0.1, 0.15) is 34.2 Å². The zero-order chi connectivity index (χ0) is 18.0. The second-order valence-electron chi connectivity index (χ2n) is 7.79. The normalized spacial score (nSPS) is 24.9. The number of benzene rings is 3. The summed E-state index contributed by atoms with van der Waals surface area (Å²) in [7, 11) is 0. The van der Waals surface area contributed by atoms with Crippen molar-refractivity contribution in [1.29, 1.82) is 0 Å². The summed E-state index contributed by atoms with van der Waals surface area (Å²) in [4.78, 5) is 4.19. The summed E-state index contributed by atoms with van der Waals surface area (Å²) in [6.45, 7) is 1.14. The molecule has 3 aromatic carbocycles. The lowest BCUT2D eigenvalue weighted by Crippen LogP contribution is -2.43. The number of hydrogen-bond donors (Lipinski definition) is 0. The van der Waals surface area contributed by atoms with E-state index in [2.05, 4.69) is 87.6 Å². The van der Waals surface area contributed by atoms with E-state index in [4.69, 9.17) is 0 Å². The molecule has 3 aromatic rings. The third-order valence-corrected chi connectivity index (χ3v) is 8.12. The van der Waals surface area contributed by atoms with Crippen LogP contribution in [0.3, 0.4) is 0 Å². The number of nitrogens with zero attached hydrogens (tertiary/aromatic N) is 1. The fourth-order valence-electron chi connectivity index (χ4n) is 5.45. The summed E-state index contributed by atoms with van der Waals surface area (Å²) in [6.07, 6.45) is 1.15. The minimum Gasteiger partial charge on any atom is -0.363 e. The Morgan fingerprint density at radius 2 is 1.74 bits per heavy atom. The highest BCUT2D eigenvalue weighted by Crippen LogP contribution is 2.58. The third-order valence-electron chi connectivity index (χ3n) is 6.42. The van der Waals surface area contributed by atoms with E-state index in [-0.39, 0.29) is 0 Å². The van der Waals surface area contributed by atoms with Crippen molar-refractivity contribution in [2.75, 3.05) is 17.2 Å². The van der Waals surface area contributed by atoms with E-state index in [1.54, 1.807) is 0 Å². The molecule has 3 atom stereocenters. The zero-order valence-corrected chi connectivity index (χ0v) is 17.3. The fraction of sp³-hybridized carbons (Fsp3) is 0.250. The minimum atomic E-state index is 0.456. The van der Waals surface area contributed by atoms with Crippen LogP contribution in [0, 0.1) is 5.92 Å². The largest absolute Gasteiger partial charge is 0.363 e. The molecule has 0 amide bonds. The van der Waals surface area contributed by atoms with E-state index >= 15 is 0 Å². The molecule has 0 saturated heterocycles. The van der Waals surface area contributed by atoms with Crippen molar-refractivity contribution in [3.05, 3.63) is 93.5 Å². The number of anilines is 1. The number of fused-ring (bicyclic) bond motifs is 4. The van der Waals surface area contributed by atoms with Gasteiger partial charge in [0.15, 0.2) is 0 Å². The van der Waals surface area contributed by atoms with Crippen molar-refractivity contribution in [1.82, 2.24) is 0 Å². The highest BCUT2D eigenvalue weighted by Gasteiger charge is 2.47. The molecule has 0 unspecified atom stereocenters. The molecule has 3 heteroatoms. The van der Waals surface area contributed by atoms with Gasteiger partial charge in [0.2, 0.25) is 0 Å². The van der Waals surface area contributed by atoms with Crippen molar-refractivity contribution in [2.45, 2.75) is 23.3 Å². The Morgan fingerprint density at radius 3 is 2.63 bits per heavy atom. The van der Waals surface area contributed by atoms with Gasteiger partial charge in [-0.3, -0.25) is 0 Å². The first-order chi connectivity index (χ1) is 13.3. The van der Waals surface area contributed by atoms with Gasteiger partial charge in [-0.2, -0.15) is 0 Å². The lowest BCUT2D eigenvalue weighted by molar-refractivity contribution is 0.379. The molecule has 6 rings (SSSR count). The molecule has 0 fully saturated rings. The Bertz CT molecular complexity index is 1030. The van der Waals surface area contributed by atoms with Crippen LogP contribution in [-0.4, -0.2) is 12.3 Å². The number of rotatable bonds is 1. The van der Waals surface area contributed by atoms with Crippen molar-refractivity contribution < 1.29 is 0 Å². The van der Waals surface area contributed by atoms with E-state index in [0.717, 1.165) is 13.0 Å². The first kappa shape index (κ1) is 16.3.